The predicted molar refractivity (Wildman–Crippen MR) is 77.2 cm³/mol. The first-order valence-electron chi connectivity index (χ1n) is 6.79. The van der Waals surface area contributed by atoms with E-state index in [1.54, 1.807) is 0 Å². The van der Waals surface area contributed by atoms with Crippen molar-refractivity contribution in [2.24, 2.45) is 0 Å². The Hall–Kier alpha value is -1.18. The molecule has 1 atom stereocenters. The third kappa shape index (κ3) is 3.68. The summed E-state index contributed by atoms with van der Waals surface area (Å²) in [5.41, 5.74) is -0.398. The van der Waals surface area contributed by atoms with Crippen molar-refractivity contribution in [3.63, 3.8) is 0 Å². The molecule has 2 N–H and O–H groups in total. The third-order valence-electron chi connectivity index (χ3n) is 3.34. The number of aromatic nitrogens is 1. The number of pyridine rings is 1. The number of ether oxygens (including phenoxy) is 1. The van der Waals surface area contributed by atoms with Crippen LogP contribution < -0.4 is 10.0 Å². The molecule has 112 valence electrons. The van der Waals surface area contributed by atoms with E-state index in [1.807, 2.05) is 13.8 Å². The lowest BCUT2D eigenvalue weighted by molar-refractivity contribution is 0.0250. The Morgan fingerprint density at radius 2 is 2.30 bits per heavy atom. The molecule has 1 fully saturated rings. The van der Waals surface area contributed by atoms with Crippen LogP contribution >= 0.6 is 0 Å². The van der Waals surface area contributed by atoms with E-state index in [0.717, 1.165) is 12.8 Å². The summed E-state index contributed by atoms with van der Waals surface area (Å²) in [4.78, 5) is 4.28. The molecule has 1 aromatic heterocycles. The van der Waals surface area contributed by atoms with Crippen LogP contribution in [0.5, 0.6) is 0 Å². The van der Waals surface area contributed by atoms with E-state index in [1.165, 1.54) is 18.3 Å². The van der Waals surface area contributed by atoms with Gasteiger partial charge in [0.15, 0.2) is 0 Å². The van der Waals surface area contributed by atoms with E-state index in [9.17, 15) is 8.42 Å². The first-order chi connectivity index (χ1) is 9.45. The van der Waals surface area contributed by atoms with Gasteiger partial charge in [-0.1, -0.05) is 0 Å². The summed E-state index contributed by atoms with van der Waals surface area (Å²) in [6.45, 7) is 5.53. The summed E-state index contributed by atoms with van der Waals surface area (Å²) in [5, 5.41) is 3.00. The lowest BCUT2D eigenvalue weighted by Gasteiger charge is -2.23. The lowest BCUT2D eigenvalue weighted by Crippen LogP contribution is -2.40. The molecule has 6 nitrogen and oxygen atoms in total. The Bertz CT molecular complexity index is 554. The summed E-state index contributed by atoms with van der Waals surface area (Å²) in [7, 11) is -3.54. The minimum atomic E-state index is -3.54. The summed E-state index contributed by atoms with van der Waals surface area (Å²) in [6.07, 6.45) is 3.33. The molecule has 0 amide bonds. The summed E-state index contributed by atoms with van der Waals surface area (Å²) < 4.78 is 32.7. The van der Waals surface area contributed by atoms with Crippen LogP contribution in [0.3, 0.4) is 0 Å². The van der Waals surface area contributed by atoms with Gasteiger partial charge < -0.3 is 10.1 Å². The molecule has 0 aliphatic carbocycles. The molecule has 0 saturated carbocycles. The van der Waals surface area contributed by atoms with E-state index in [2.05, 4.69) is 15.0 Å². The van der Waals surface area contributed by atoms with Gasteiger partial charge in [0.25, 0.3) is 0 Å². The zero-order valence-corrected chi connectivity index (χ0v) is 12.7. The molecule has 7 heteroatoms. The number of hydrogen-bond acceptors (Lipinski definition) is 5. The first-order valence-corrected chi connectivity index (χ1v) is 8.27. The normalized spacial score (nSPS) is 22.9. The van der Waals surface area contributed by atoms with Crippen molar-refractivity contribution >= 4 is 15.8 Å². The van der Waals surface area contributed by atoms with Gasteiger partial charge in [0.05, 0.1) is 10.5 Å². The number of nitrogens with one attached hydrogen (secondary N) is 2. The molecule has 0 radical (unpaired) electrons. The van der Waals surface area contributed by atoms with Gasteiger partial charge in [-0.15, -0.1) is 0 Å². The van der Waals surface area contributed by atoms with Crippen LogP contribution in [0.15, 0.2) is 23.2 Å². The Balaban J connectivity index is 2.07. The molecule has 1 aliphatic rings. The standard InChI is InChI=1S/C13H21N3O3S/c1-3-14-12-9-11(5-7-15-12)20(17,18)16-10-13(2)6-4-8-19-13/h5,7,9,16H,3-4,6,8,10H2,1-2H3,(H,14,15). The number of sulfonamides is 1. The Kier molecular flexibility index (Phi) is 4.62. The predicted octanol–water partition coefficient (Wildman–Crippen LogP) is 1.36. The van der Waals surface area contributed by atoms with E-state index in [-0.39, 0.29) is 11.4 Å². The molecule has 2 rings (SSSR count). The van der Waals surface area contributed by atoms with Gasteiger partial charge in [0, 0.05) is 32.0 Å². The van der Waals surface area contributed by atoms with Crippen LogP contribution in [-0.2, 0) is 14.8 Å². The largest absolute Gasteiger partial charge is 0.374 e. The smallest absolute Gasteiger partial charge is 0.240 e. The number of rotatable bonds is 6. The van der Waals surface area contributed by atoms with Crippen molar-refractivity contribution < 1.29 is 13.2 Å². The van der Waals surface area contributed by atoms with E-state index in [0.29, 0.717) is 19.0 Å². The highest BCUT2D eigenvalue weighted by Crippen LogP contribution is 2.24. The second-order valence-corrected chi connectivity index (χ2v) is 6.90. The van der Waals surface area contributed by atoms with Gasteiger partial charge in [-0.2, -0.15) is 0 Å². The number of hydrogen-bond donors (Lipinski definition) is 2. The van der Waals surface area contributed by atoms with Crippen molar-refractivity contribution in [1.82, 2.24) is 9.71 Å². The molecule has 20 heavy (non-hydrogen) atoms. The fraction of sp³-hybridized carbons (Fsp3) is 0.615. The second-order valence-electron chi connectivity index (χ2n) is 5.13. The maximum absolute atomic E-state index is 12.3. The van der Waals surface area contributed by atoms with Crippen LogP contribution in [0.2, 0.25) is 0 Å². The van der Waals surface area contributed by atoms with Gasteiger partial charge in [0.2, 0.25) is 10.0 Å². The minimum absolute atomic E-state index is 0.213. The molecule has 0 bridgehead atoms. The summed E-state index contributed by atoms with van der Waals surface area (Å²) in [5.74, 6) is 0.554. The van der Waals surface area contributed by atoms with Gasteiger partial charge in [-0.3, -0.25) is 0 Å². The molecule has 2 heterocycles. The summed E-state index contributed by atoms with van der Waals surface area (Å²) in [6, 6.07) is 3.02. The van der Waals surface area contributed by atoms with E-state index in [4.69, 9.17) is 4.74 Å². The maximum Gasteiger partial charge on any atom is 0.240 e. The topological polar surface area (TPSA) is 80.3 Å². The quantitative estimate of drug-likeness (QED) is 0.829. The number of nitrogens with zero attached hydrogens (tertiary/aromatic N) is 1. The zero-order chi connectivity index (χ0) is 14.6. The molecular formula is C13H21N3O3S. The van der Waals surface area contributed by atoms with Crippen LogP contribution in [0.1, 0.15) is 26.7 Å². The van der Waals surface area contributed by atoms with Gasteiger partial charge >= 0.3 is 0 Å². The highest BCUT2D eigenvalue weighted by atomic mass is 32.2. The fourth-order valence-corrected chi connectivity index (χ4v) is 3.33. The molecular weight excluding hydrogens is 278 g/mol. The monoisotopic (exact) mass is 299 g/mol. The van der Waals surface area contributed by atoms with Crippen molar-refractivity contribution in [2.75, 3.05) is 25.0 Å². The lowest BCUT2D eigenvalue weighted by atomic mass is 10.0. The Morgan fingerprint density at radius 1 is 1.50 bits per heavy atom. The van der Waals surface area contributed by atoms with Gasteiger partial charge in [-0.05, 0) is 32.8 Å². The van der Waals surface area contributed by atoms with Crippen LogP contribution in [-0.4, -0.2) is 38.7 Å². The molecule has 1 aromatic rings. The van der Waals surface area contributed by atoms with E-state index < -0.39 is 15.6 Å². The SMILES string of the molecule is CCNc1cc(S(=O)(=O)NCC2(C)CCCO2)ccn1. The molecule has 1 aliphatic heterocycles. The van der Waals surface area contributed by atoms with Crippen molar-refractivity contribution in [3.05, 3.63) is 18.3 Å². The molecule has 0 aromatic carbocycles. The van der Waals surface area contributed by atoms with Gasteiger partial charge in [-0.25, -0.2) is 18.1 Å². The van der Waals surface area contributed by atoms with E-state index >= 15 is 0 Å². The first kappa shape index (κ1) is 15.2. The summed E-state index contributed by atoms with van der Waals surface area (Å²) >= 11 is 0. The average Bonchev–Trinajstić information content (AvgIpc) is 2.85. The van der Waals surface area contributed by atoms with Crippen LogP contribution in [0, 0.1) is 0 Å². The highest BCUT2D eigenvalue weighted by Gasteiger charge is 2.31. The Morgan fingerprint density at radius 3 is 2.95 bits per heavy atom. The number of anilines is 1. The third-order valence-corrected chi connectivity index (χ3v) is 4.74. The molecule has 1 saturated heterocycles. The maximum atomic E-state index is 12.3. The van der Waals surface area contributed by atoms with Crippen LogP contribution in [0.4, 0.5) is 5.82 Å². The molecule has 0 spiro atoms. The van der Waals surface area contributed by atoms with Crippen molar-refractivity contribution in [3.8, 4) is 0 Å². The average molecular weight is 299 g/mol. The zero-order valence-electron chi connectivity index (χ0n) is 11.8. The van der Waals surface area contributed by atoms with Crippen molar-refractivity contribution in [1.29, 1.82) is 0 Å². The fourth-order valence-electron chi connectivity index (χ4n) is 2.16. The molecule has 1 unspecified atom stereocenters. The van der Waals surface area contributed by atoms with Crippen LogP contribution in [0.25, 0.3) is 0 Å². The van der Waals surface area contributed by atoms with Gasteiger partial charge in [0.1, 0.15) is 5.82 Å². The highest BCUT2D eigenvalue weighted by molar-refractivity contribution is 7.89. The Labute approximate surface area is 120 Å². The second kappa shape index (κ2) is 6.07. The minimum Gasteiger partial charge on any atom is -0.374 e. The van der Waals surface area contributed by atoms with Crippen molar-refractivity contribution in [2.45, 2.75) is 37.2 Å².